The summed E-state index contributed by atoms with van der Waals surface area (Å²) in [6.07, 6.45) is 1.77. The van der Waals surface area contributed by atoms with Crippen molar-refractivity contribution in [2.45, 2.75) is 0 Å². The average Bonchev–Trinajstić information content (AvgIpc) is 2.55. The van der Waals surface area contributed by atoms with Gasteiger partial charge in [0.25, 0.3) is 0 Å². The second kappa shape index (κ2) is 6.06. The fourth-order valence-electron chi connectivity index (χ4n) is 2.15. The number of para-hydroxylation sites is 2. The normalized spacial score (nSPS) is 10.9. The highest BCUT2D eigenvalue weighted by atomic mass is 16.3. The molecule has 102 valence electrons. The van der Waals surface area contributed by atoms with Crippen LogP contribution in [0.1, 0.15) is 5.56 Å². The molecular formula is C19H15NO. The molecule has 0 fully saturated rings. The van der Waals surface area contributed by atoms with E-state index in [9.17, 15) is 5.11 Å². The monoisotopic (exact) mass is 273 g/mol. The van der Waals surface area contributed by atoms with Gasteiger partial charge in [0.1, 0.15) is 11.4 Å². The third-order valence-electron chi connectivity index (χ3n) is 3.23. The van der Waals surface area contributed by atoms with Crippen molar-refractivity contribution >= 4 is 11.9 Å². The molecular weight excluding hydrogens is 258 g/mol. The van der Waals surface area contributed by atoms with E-state index >= 15 is 0 Å². The molecule has 2 nitrogen and oxygen atoms in total. The molecule has 3 rings (SSSR count). The van der Waals surface area contributed by atoms with E-state index in [0.29, 0.717) is 5.69 Å². The van der Waals surface area contributed by atoms with Crippen LogP contribution in [0.3, 0.4) is 0 Å². The van der Waals surface area contributed by atoms with Gasteiger partial charge in [0.15, 0.2) is 0 Å². The van der Waals surface area contributed by atoms with Gasteiger partial charge in [0.05, 0.1) is 0 Å². The van der Waals surface area contributed by atoms with Gasteiger partial charge in [-0.15, -0.1) is 0 Å². The number of rotatable bonds is 3. The summed E-state index contributed by atoms with van der Waals surface area (Å²) in [5.74, 6) is 0.188. The van der Waals surface area contributed by atoms with Gasteiger partial charge in [-0.3, -0.25) is 4.99 Å². The number of aliphatic imine (C=N–C) groups is 1. The van der Waals surface area contributed by atoms with Gasteiger partial charge in [-0.25, -0.2) is 0 Å². The van der Waals surface area contributed by atoms with Crippen molar-refractivity contribution in [3.8, 4) is 16.9 Å². The maximum absolute atomic E-state index is 9.71. The van der Waals surface area contributed by atoms with E-state index in [0.717, 1.165) is 11.1 Å². The number of phenols is 1. The molecule has 2 heteroatoms. The molecule has 21 heavy (non-hydrogen) atoms. The molecule has 0 aliphatic carbocycles. The summed E-state index contributed by atoms with van der Waals surface area (Å²) in [5.41, 5.74) is 3.90. The van der Waals surface area contributed by atoms with Gasteiger partial charge in [-0.2, -0.15) is 0 Å². The Balaban J connectivity index is 1.89. The van der Waals surface area contributed by atoms with E-state index in [4.69, 9.17) is 0 Å². The van der Waals surface area contributed by atoms with Gasteiger partial charge in [0, 0.05) is 6.21 Å². The second-order valence-electron chi connectivity index (χ2n) is 4.74. The number of aromatic hydroxyl groups is 1. The lowest BCUT2D eigenvalue weighted by Gasteiger charge is -2.02. The standard InChI is InChI=1S/C19H15NO/c21-19-12-5-4-11-18(19)20-14-15-7-6-10-17(13-15)16-8-2-1-3-9-16/h1-14,21H. The quantitative estimate of drug-likeness (QED) is 0.682. The van der Waals surface area contributed by atoms with Crippen LogP contribution in [0.4, 0.5) is 5.69 Å². The zero-order chi connectivity index (χ0) is 14.5. The Labute approximate surface area is 124 Å². The minimum absolute atomic E-state index is 0.188. The molecule has 0 aromatic heterocycles. The fraction of sp³-hybridized carbons (Fsp3) is 0. The first-order valence-corrected chi connectivity index (χ1v) is 6.80. The maximum atomic E-state index is 9.71. The van der Waals surface area contributed by atoms with Crippen molar-refractivity contribution in [3.05, 3.63) is 84.4 Å². The predicted molar refractivity (Wildman–Crippen MR) is 87.2 cm³/mol. The first kappa shape index (κ1) is 13.1. The summed E-state index contributed by atoms with van der Waals surface area (Å²) >= 11 is 0. The Morgan fingerprint density at radius 3 is 2.24 bits per heavy atom. The molecule has 0 saturated carbocycles. The van der Waals surface area contributed by atoms with Crippen LogP contribution in [0.15, 0.2) is 83.9 Å². The zero-order valence-corrected chi connectivity index (χ0v) is 11.5. The number of benzene rings is 3. The lowest BCUT2D eigenvalue weighted by Crippen LogP contribution is -1.83. The van der Waals surface area contributed by atoms with Crippen LogP contribution in [-0.2, 0) is 0 Å². The molecule has 0 atom stereocenters. The predicted octanol–water partition coefficient (Wildman–Crippen LogP) is 4.81. The minimum atomic E-state index is 0.188. The van der Waals surface area contributed by atoms with E-state index in [1.807, 2.05) is 36.4 Å². The molecule has 3 aromatic rings. The van der Waals surface area contributed by atoms with Crippen LogP contribution in [0.2, 0.25) is 0 Å². The molecule has 0 spiro atoms. The van der Waals surface area contributed by atoms with Crippen molar-refractivity contribution in [2.75, 3.05) is 0 Å². The number of hydrogen-bond donors (Lipinski definition) is 1. The summed E-state index contributed by atoms with van der Waals surface area (Å²) < 4.78 is 0. The van der Waals surface area contributed by atoms with Crippen molar-refractivity contribution in [3.63, 3.8) is 0 Å². The molecule has 0 aliphatic heterocycles. The minimum Gasteiger partial charge on any atom is -0.506 e. The maximum Gasteiger partial charge on any atom is 0.141 e. The van der Waals surface area contributed by atoms with Gasteiger partial charge in [-0.1, -0.05) is 60.7 Å². The average molecular weight is 273 g/mol. The third-order valence-corrected chi connectivity index (χ3v) is 3.23. The van der Waals surface area contributed by atoms with E-state index in [1.165, 1.54) is 5.56 Å². The Bertz CT molecular complexity index is 763. The van der Waals surface area contributed by atoms with Crippen molar-refractivity contribution < 1.29 is 5.11 Å². The molecule has 0 saturated heterocycles. The first-order chi connectivity index (χ1) is 10.3. The highest BCUT2D eigenvalue weighted by molar-refractivity contribution is 5.85. The van der Waals surface area contributed by atoms with E-state index in [1.54, 1.807) is 24.4 Å². The molecule has 0 unspecified atom stereocenters. The largest absolute Gasteiger partial charge is 0.506 e. The fourth-order valence-corrected chi connectivity index (χ4v) is 2.15. The summed E-state index contributed by atoms with van der Waals surface area (Å²) in [7, 11) is 0. The molecule has 0 radical (unpaired) electrons. The van der Waals surface area contributed by atoms with Crippen LogP contribution >= 0.6 is 0 Å². The lowest BCUT2D eigenvalue weighted by molar-refractivity contribution is 0.477. The number of hydrogen-bond acceptors (Lipinski definition) is 2. The first-order valence-electron chi connectivity index (χ1n) is 6.80. The molecule has 3 aromatic carbocycles. The Morgan fingerprint density at radius 2 is 1.43 bits per heavy atom. The Morgan fingerprint density at radius 1 is 0.714 bits per heavy atom. The summed E-state index contributed by atoms with van der Waals surface area (Å²) in [6.45, 7) is 0. The highest BCUT2D eigenvalue weighted by Crippen LogP contribution is 2.25. The van der Waals surface area contributed by atoms with Crippen LogP contribution in [-0.4, -0.2) is 11.3 Å². The van der Waals surface area contributed by atoms with Crippen molar-refractivity contribution in [1.29, 1.82) is 0 Å². The summed E-state index contributed by atoms with van der Waals surface area (Å²) in [6, 6.07) is 25.4. The molecule has 0 bridgehead atoms. The van der Waals surface area contributed by atoms with Crippen molar-refractivity contribution in [2.24, 2.45) is 4.99 Å². The van der Waals surface area contributed by atoms with Gasteiger partial charge >= 0.3 is 0 Å². The topological polar surface area (TPSA) is 32.6 Å². The molecule has 1 N–H and O–H groups in total. The summed E-state index contributed by atoms with van der Waals surface area (Å²) in [5, 5.41) is 9.71. The molecule has 0 heterocycles. The Hall–Kier alpha value is -2.87. The second-order valence-corrected chi connectivity index (χ2v) is 4.74. The lowest BCUT2D eigenvalue weighted by atomic mass is 10.0. The zero-order valence-electron chi connectivity index (χ0n) is 11.5. The number of nitrogens with zero attached hydrogens (tertiary/aromatic N) is 1. The third kappa shape index (κ3) is 3.18. The van der Waals surface area contributed by atoms with Gasteiger partial charge < -0.3 is 5.11 Å². The van der Waals surface area contributed by atoms with Gasteiger partial charge in [0.2, 0.25) is 0 Å². The van der Waals surface area contributed by atoms with E-state index < -0.39 is 0 Å². The van der Waals surface area contributed by atoms with Crippen LogP contribution in [0.25, 0.3) is 11.1 Å². The van der Waals surface area contributed by atoms with Gasteiger partial charge in [-0.05, 0) is 34.9 Å². The van der Waals surface area contributed by atoms with Crippen LogP contribution in [0, 0.1) is 0 Å². The Kier molecular flexibility index (Phi) is 3.79. The SMILES string of the molecule is Oc1ccccc1N=Cc1cccc(-c2ccccc2)c1. The van der Waals surface area contributed by atoms with Crippen molar-refractivity contribution in [1.82, 2.24) is 0 Å². The van der Waals surface area contributed by atoms with Crippen LogP contribution < -0.4 is 0 Å². The van der Waals surface area contributed by atoms with Crippen LogP contribution in [0.5, 0.6) is 5.75 Å². The van der Waals surface area contributed by atoms with E-state index in [-0.39, 0.29) is 5.75 Å². The number of phenolic OH excluding ortho intramolecular Hbond substituents is 1. The summed E-state index contributed by atoms with van der Waals surface area (Å²) in [4.78, 5) is 4.34. The highest BCUT2D eigenvalue weighted by Gasteiger charge is 1.98. The molecule has 0 aliphatic rings. The molecule has 0 amide bonds. The smallest absolute Gasteiger partial charge is 0.141 e. The van der Waals surface area contributed by atoms with E-state index in [2.05, 4.69) is 29.3 Å².